The molecule has 1 aliphatic heterocycles. The first-order valence-electron chi connectivity index (χ1n) is 8.79. The van der Waals surface area contributed by atoms with Crippen molar-refractivity contribution in [1.82, 2.24) is 0 Å². The van der Waals surface area contributed by atoms with Gasteiger partial charge < -0.3 is 28.7 Å². The molecule has 0 aromatic heterocycles. The SMILES string of the molecule is COc1c(C)c2c(c(O)c1C/C=C(\C)CC(C(=O)O)P(=O)(OC)OC)C(=O)OC2. The number of methoxy groups -OCH3 is 1. The van der Waals surface area contributed by atoms with Gasteiger partial charge in [0.25, 0.3) is 0 Å². The Morgan fingerprint density at radius 2 is 1.93 bits per heavy atom. The lowest BCUT2D eigenvalue weighted by atomic mass is 9.94. The van der Waals surface area contributed by atoms with Crippen LogP contribution in [0.4, 0.5) is 0 Å². The zero-order valence-electron chi connectivity index (χ0n) is 17.0. The Labute approximate surface area is 168 Å². The molecule has 0 fully saturated rings. The largest absolute Gasteiger partial charge is 0.507 e. The standard InChI is InChI=1S/C19H25O9P/c1-10(8-14(18(21)22)29(24,26-4)27-5)6-7-12-16(20)15-13(9-28-19(15)23)11(2)17(12)25-3/h6,14,20H,7-9H2,1-5H3,(H,21,22)/b10-6+. The Morgan fingerprint density at radius 3 is 2.45 bits per heavy atom. The van der Waals surface area contributed by atoms with Gasteiger partial charge in [-0.3, -0.25) is 9.36 Å². The van der Waals surface area contributed by atoms with E-state index in [1.165, 1.54) is 7.11 Å². The number of carbonyl (C=O) groups is 2. The summed E-state index contributed by atoms with van der Waals surface area (Å²) < 4.78 is 32.6. The maximum atomic E-state index is 12.5. The quantitative estimate of drug-likeness (QED) is 0.346. The number of carbonyl (C=O) groups excluding carboxylic acids is 1. The molecule has 0 aliphatic carbocycles. The predicted molar refractivity (Wildman–Crippen MR) is 104 cm³/mol. The topological polar surface area (TPSA) is 129 Å². The Kier molecular flexibility index (Phi) is 7.11. The van der Waals surface area contributed by atoms with E-state index >= 15 is 0 Å². The lowest BCUT2D eigenvalue weighted by Crippen LogP contribution is -2.22. The van der Waals surface area contributed by atoms with Crippen LogP contribution in [0, 0.1) is 6.92 Å². The maximum Gasteiger partial charge on any atom is 0.344 e. The summed E-state index contributed by atoms with van der Waals surface area (Å²) in [6.07, 6.45) is 1.76. The number of fused-ring (bicyclic) bond motifs is 1. The van der Waals surface area contributed by atoms with Crippen molar-refractivity contribution in [2.24, 2.45) is 0 Å². The van der Waals surface area contributed by atoms with E-state index in [9.17, 15) is 24.4 Å². The summed E-state index contributed by atoms with van der Waals surface area (Å²) in [4.78, 5) is 23.5. The monoisotopic (exact) mass is 428 g/mol. The summed E-state index contributed by atoms with van der Waals surface area (Å²) in [5.41, 5.74) is 1.00. The summed E-state index contributed by atoms with van der Waals surface area (Å²) in [7, 11) is -0.0993. The summed E-state index contributed by atoms with van der Waals surface area (Å²) in [5.74, 6) is -1.69. The van der Waals surface area contributed by atoms with Crippen molar-refractivity contribution in [2.45, 2.75) is 39.0 Å². The van der Waals surface area contributed by atoms with E-state index in [2.05, 4.69) is 0 Å². The number of allylic oxidation sites excluding steroid dienone is 2. The van der Waals surface area contributed by atoms with Gasteiger partial charge in [-0.25, -0.2) is 4.79 Å². The van der Waals surface area contributed by atoms with E-state index in [0.717, 1.165) is 14.2 Å². The lowest BCUT2D eigenvalue weighted by Gasteiger charge is -2.21. The molecule has 0 saturated carbocycles. The minimum Gasteiger partial charge on any atom is -0.507 e. The van der Waals surface area contributed by atoms with Gasteiger partial charge in [0.1, 0.15) is 23.7 Å². The van der Waals surface area contributed by atoms with Crippen molar-refractivity contribution < 1.29 is 42.9 Å². The van der Waals surface area contributed by atoms with E-state index in [4.69, 9.17) is 18.5 Å². The molecule has 0 spiro atoms. The van der Waals surface area contributed by atoms with Gasteiger partial charge >= 0.3 is 19.5 Å². The number of phenolic OH excluding ortho intramolecular Hbond substituents is 1. The van der Waals surface area contributed by atoms with Gasteiger partial charge in [0.2, 0.25) is 0 Å². The fourth-order valence-electron chi connectivity index (χ4n) is 3.36. The van der Waals surface area contributed by atoms with Gasteiger partial charge in [-0.05, 0) is 32.3 Å². The number of carboxylic acids is 1. The zero-order chi connectivity index (χ0) is 21.9. The maximum absolute atomic E-state index is 12.5. The number of hydrogen-bond acceptors (Lipinski definition) is 8. The van der Waals surface area contributed by atoms with Crippen LogP contribution in [0.3, 0.4) is 0 Å². The van der Waals surface area contributed by atoms with E-state index in [1.54, 1.807) is 19.9 Å². The number of benzene rings is 1. The molecule has 0 saturated heterocycles. The van der Waals surface area contributed by atoms with E-state index in [-0.39, 0.29) is 30.8 Å². The van der Waals surface area contributed by atoms with Crippen LogP contribution in [-0.2, 0) is 36.2 Å². The first kappa shape index (κ1) is 22.9. The molecule has 29 heavy (non-hydrogen) atoms. The summed E-state index contributed by atoms with van der Waals surface area (Å²) in [5, 5.41) is 20.0. The lowest BCUT2D eigenvalue weighted by molar-refractivity contribution is -0.137. The second kappa shape index (κ2) is 8.98. The Hall–Kier alpha value is -2.35. The Morgan fingerprint density at radius 1 is 1.31 bits per heavy atom. The average molecular weight is 428 g/mol. The van der Waals surface area contributed by atoms with Crippen molar-refractivity contribution in [3.63, 3.8) is 0 Å². The van der Waals surface area contributed by atoms with Crippen LogP contribution in [0.1, 0.15) is 40.4 Å². The highest BCUT2D eigenvalue weighted by Gasteiger charge is 2.40. The average Bonchev–Trinajstić information content (AvgIpc) is 3.08. The first-order chi connectivity index (χ1) is 13.6. The van der Waals surface area contributed by atoms with Crippen molar-refractivity contribution in [1.29, 1.82) is 0 Å². The van der Waals surface area contributed by atoms with Gasteiger partial charge in [-0.1, -0.05) is 11.6 Å². The molecule has 2 N–H and O–H groups in total. The van der Waals surface area contributed by atoms with Crippen molar-refractivity contribution in [3.05, 3.63) is 33.9 Å². The third-order valence-electron chi connectivity index (χ3n) is 4.99. The normalized spacial score (nSPS) is 15.1. The number of carboxylic acid groups (broad SMARTS) is 1. The molecule has 0 radical (unpaired) electrons. The predicted octanol–water partition coefficient (Wildman–Crippen LogP) is 3.20. The van der Waals surface area contributed by atoms with Crippen LogP contribution < -0.4 is 4.74 Å². The van der Waals surface area contributed by atoms with Gasteiger partial charge in [0.05, 0.1) is 7.11 Å². The molecule has 9 nitrogen and oxygen atoms in total. The fourth-order valence-corrected chi connectivity index (χ4v) is 4.80. The Bertz CT molecular complexity index is 896. The third-order valence-corrected chi connectivity index (χ3v) is 7.18. The first-order valence-corrected chi connectivity index (χ1v) is 10.4. The fraction of sp³-hybridized carbons (Fsp3) is 0.474. The van der Waals surface area contributed by atoms with Gasteiger partial charge in [0, 0.05) is 25.3 Å². The Balaban J connectivity index is 2.37. The number of aromatic hydroxyl groups is 1. The van der Waals surface area contributed by atoms with Crippen LogP contribution in [-0.4, -0.2) is 49.1 Å². The summed E-state index contributed by atoms with van der Waals surface area (Å²) in [6, 6.07) is 0. The number of phenols is 1. The second-order valence-electron chi connectivity index (χ2n) is 6.63. The molecule has 1 unspecified atom stereocenters. The molecule has 1 heterocycles. The summed E-state index contributed by atoms with van der Waals surface area (Å²) in [6.45, 7) is 3.51. The molecule has 10 heteroatoms. The van der Waals surface area contributed by atoms with Crippen molar-refractivity contribution in [2.75, 3.05) is 21.3 Å². The van der Waals surface area contributed by atoms with Gasteiger partial charge in [0.15, 0.2) is 5.66 Å². The molecular weight excluding hydrogens is 403 g/mol. The van der Waals surface area contributed by atoms with Crippen LogP contribution in [0.2, 0.25) is 0 Å². The number of aliphatic carboxylic acids is 1. The molecule has 1 aromatic carbocycles. The highest BCUT2D eigenvalue weighted by atomic mass is 31.2. The molecule has 1 aromatic rings. The minimum atomic E-state index is -3.82. The van der Waals surface area contributed by atoms with E-state index in [1.807, 2.05) is 0 Å². The van der Waals surface area contributed by atoms with Crippen LogP contribution >= 0.6 is 7.60 Å². The highest BCUT2D eigenvalue weighted by Crippen LogP contribution is 2.53. The van der Waals surface area contributed by atoms with Gasteiger partial charge in [-0.2, -0.15) is 0 Å². The van der Waals surface area contributed by atoms with Crippen LogP contribution in [0.25, 0.3) is 0 Å². The van der Waals surface area contributed by atoms with Crippen LogP contribution in [0.5, 0.6) is 11.5 Å². The second-order valence-corrected chi connectivity index (χ2v) is 9.07. The molecule has 1 atom stereocenters. The number of cyclic esters (lactones) is 1. The molecule has 160 valence electrons. The molecule has 0 bridgehead atoms. The number of hydrogen-bond donors (Lipinski definition) is 2. The van der Waals surface area contributed by atoms with Crippen molar-refractivity contribution in [3.8, 4) is 11.5 Å². The number of rotatable bonds is 9. The van der Waals surface area contributed by atoms with Crippen LogP contribution in [0.15, 0.2) is 11.6 Å². The minimum absolute atomic E-state index is 0.0721. The highest BCUT2D eigenvalue weighted by molar-refractivity contribution is 7.55. The van der Waals surface area contributed by atoms with Gasteiger partial charge in [-0.15, -0.1) is 0 Å². The van der Waals surface area contributed by atoms with E-state index < -0.39 is 25.2 Å². The molecule has 2 rings (SSSR count). The van der Waals surface area contributed by atoms with Crippen molar-refractivity contribution >= 4 is 19.5 Å². The summed E-state index contributed by atoms with van der Waals surface area (Å²) >= 11 is 0. The van der Waals surface area contributed by atoms with E-state index in [0.29, 0.717) is 28.0 Å². The number of ether oxygens (including phenoxy) is 2. The zero-order valence-corrected chi connectivity index (χ0v) is 17.9. The third kappa shape index (κ3) is 4.32. The molecule has 1 aliphatic rings. The smallest absolute Gasteiger partial charge is 0.344 e. The number of esters is 1. The molecular formula is C19H25O9P. The molecule has 0 amide bonds.